The van der Waals surface area contributed by atoms with Crippen molar-refractivity contribution in [2.75, 3.05) is 14.1 Å². The fraction of sp³-hybridized carbons (Fsp3) is 0.222. The third-order valence-electron chi connectivity index (χ3n) is 1.74. The quantitative estimate of drug-likeness (QED) is 0.748. The highest BCUT2D eigenvalue weighted by molar-refractivity contribution is 7.89. The molecule has 0 bridgehead atoms. The second-order valence-electron chi connectivity index (χ2n) is 2.66. The Labute approximate surface area is 83.7 Å². The van der Waals surface area contributed by atoms with Crippen LogP contribution in [0.15, 0.2) is 34.2 Å². The first-order chi connectivity index (χ1) is 6.60. The number of hydrogen-bond acceptors (Lipinski definition) is 3. The van der Waals surface area contributed by atoms with E-state index in [1.807, 2.05) is 0 Å². The molecule has 1 aromatic carbocycles. The SMILES string of the molecule is CN=Cc1ccc(S(=O)(=O)NC)cc1. The smallest absolute Gasteiger partial charge is 0.240 e. The molecule has 0 saturated carbocycles. The molecule has 1 aromatic rings. The molecule has 5 heteroatoms. The van der Waals surface area contributed by atoms with Crippen molar-refractivity contribution in [1.29, 1.82) is 0 Å². The minimum Gasteiger partial charge on any atom is -0.296 e. The minimum atomic E-state index is -3.32. The highest BCUT2D eigenvalue weighted by Crippen LogP contribution is 2.08. The highest BCUT2D eigenvalue weighted by Gasteiger charge is 2.09. The molecule has 0 aliphatic carbocycles. The minimum absolute atomic E-state index is 0.258. The van der Waals surface area contributed by atoms with Crippen molar-refractivity contribution in [1.82, 2.24) is 4.72 Å². The van der Waals surface area contributed by atoms with E-state index >= 15 is 0 Å². The van der Waals surface area contributed by atoms with Crippen LogP contribution < -0.4 is 4.72 Å². The summed E-state index contributed by atoms with van der Waals surface area (Å²) in [6, 6.07) is 6.50. The zero-order valence-corrected chi connectivity index (χ0v) is 8.88. The largest absolute Gasteiger partial charge is 0.296 e. The number of hydrogen-bond donors (Lipinski definition) is 1. The lowest BCUT2D eigenvalue weighted by molar-refractivity contribution is 0.588. The number of sulfonamides is 1. The van der Waals surface area contributed by atoms with Gasteiger partial charge in [0.05, 0.1) is 4.90 Å². The summed E-state index contributed by atoms with van der Waals surface area (Å²) in [4.78, 5) is 4.09. The molecule has 76 valence electrons. The number of nitrogens with one attached hydrogen (secondary N) is 1. The summed E-state index contributed by atoms with van der Waals surface area (Å²) in [6.07, 6.45) is 1.66. The van der Waals surface area contributed by atoms with Crippen molar-refractivity contribution in [2.45, 2.75) is 4.90 Å². The highest BCUT2D eigenvalue weighted by atomic mass is 32.2. The maximum absolute atomic E-state index is 11.3. The van der Waals surface area contributed by atoms with E-state index in [1.165, 1.54) is 7.05 Å². The Morgan fingerprint density at radius 2 is 1.86 bits per heavy atom. The summed E-state index contributed by atoms with van der Waals surface area (Å²) in [7, 11) is -0.274. The summed E-state index contributed by atoms with van der Waals surface area (Å²) >= 11 is 0. The Balaban J connectivity index is 3.06. The van der Waals surface area contributed by atoms with E-state index < -0.39 is 10.0 Å². The van der Waals surface area contributed by atoms with E-state index in [0.717, 1.165) is 5.56 Å². The van der Waals surface area contributed by atoms with Gasteiger partial charge in [0.15, 0.2) is 0 Å². The molecule has 0 aromatic heterocycles. The van der Waals surface area contributed by atoms with Crippen molar-refractivity contribution in [3.05, 3.63) is 29.8 Å². The average Bonchev–Trinajstić information content (AvgIpc) is 2.19. The number of benzene rings is 1. The number of nitrogens with zero attached hydrogens (tertiary/aromatic N) is 1. The van der Waals surface area contributed by atoms with E-state index in [1.54, 1.807) is 37.5 Å². The molecule has 0 unspecified atom stereocenters. The first-order valence-corrected chi connectivity index (χ1v) is 5.54. The third-order valence-corrected chi connectivity index (χ3v) is 3.17. The zero-order chi connectivity index (χ0) is 10.6. The molecule has 0 radical (unpaired) electrons. The van der Waals surface area contributed by atoms with Gasteiger partial charge >= 0.3 is 0 Å². The van der Waals surface area contributed by atoms with Gasteiger partial charge in [-0.2, -0.15) is 0 Å². The number of aliphatic imine (C=N–C) groups is 1. The van der Waals surface area contributed by atoms with Crippen LogP contribution >= 0.6 is 0 Å². The van der Waals surface area contributed by atoms with Gasteiger partial charge in [-0.3, -0.25) is 4.99 Å². The van der Waals surface area contributed by atoms with Crippen molar-refractivity contribution >= 4 is 16.2 Å². The topological polar surface area (TPSA) is 58.5 Å². The van der Waals surface area contributed by atoms with E-state index in [9.17, 15) is 8.42 Å². The molecule has 0 saturated heterocycles. The Kier molecular flexibility index (Phi) is 3.38. The van der Waals surface area contributed by atoms with Crippen LogP contribution in [0, 0.1) is 0 Å². The summed E-state index contributed by atoms with van der Waals surface area (Å²) in [5.41, 5.74) is 0.877. The van der Waals surface area contributed by atoms with Crippen LogP contribution in [-0.2, 0) is 10.0 Å². The molecule has 0 fully saturated rings. The van der Waals surface area contributed by atoms with Gasteiger partial charge in [0.1, 0.15) is 0 Å². The van der Waals surface area contributed by atoms with E-state index in [0.29, 0.717) is 0 Å². The van der Waals surface area contributed by atoms with E-state index in [4.69, 9.17) is 0 Å². The molecule has 0 spiro atoms. The van der Waals surface area contributed by atoms with Crippen molar-refractivity contribution in [3.8, 4) is 0 Å². The standard InChI is InChI=1S/C9H12N2O2S/c1-10-7-8-3-5-9(6-4-8)14(12,13)11-2/h3-7,11H,1-2H3. The van der Waals surface area contributed by atoms with Crippen LogP contribution in [-0.4, -0.2) is 28.7 Å². The van der Waals surface area contributed by atoms with Gasteiger partial charge in [0.25, 0.3) is 0 Å². The molecule has 4 nitrogen and oxygen atoms in total. The summed E-state index contributed by atoms with van der Waals surface area (Å²) in [6.45, 7) is 0. The fourth-order valence-electron chi connectivity index (χ4n) is 1.000. The van der Waals surface area contributed by atoms with Gasteiger partial charge in [-0.1, -0.05) is 12.1 Å². The van der Waals surface area contributed by atoms with Crippen LogP contribution in [0.2, 0.25) is 0 Å². The number of rotatable bonds is 3. The predicted molar refractivity (Wildman–Crippen MR) is 56.2 cm³/mol. The second-order valence-corrected chi connectivity index (χ2v) is 4.55. The first-order valence-electron chi connectivity index (χ1n) is 4.06. The maximum Gasteiger partial charge on any atom is 0.240 e. The molecule has 0 heterocycles. The van der Waals surface area contributed by atoms with Crippen LogP contribution in [0.1, 0.15) is 5.56 Å². The lowest BCUT2D eigenvalue weighted by atomic mass is 10.2. The van der Waals surface area contributed by atoms with Gasteiger partial charge in [0.2, 0.25) is 10.0 Å². The van der Waals surface area contributed by atoms with Crippen LogP contribution in [0.4, 0.5) is 0 Å². The molecule has 0 aliphatic rings. The summed E-state index contributed by atoms with van der Waals surface area (Å²) < 4.78 is 24.9. The normalized spacial score (nSPS) is 12.1. The average molecular weight is 212 g/mol. The molecule has 0 amide bonds. The monoisotopic (exact) mass is 212 g/mol. The van der Waals surface area contributed by atoms with Crippen LogP contribution in [0.5, 0.6) is 0 Å². The fourth-order valence-corrected chi connectivity index (χ4v) is 1.73. The summed E-state index contributed by atoms with van der Waals surface area (Å²) in [5, 5.41) is 0. The molecular formula is C9H12N2O2S. The third kappa shape index (κ3) is 2.40. The van der Waals surface area contributed by atoms with Gasteiger partial charge in [0, 0.05) is 13.3 Å². The Morgan fingerprint density at radius 3 is 2.29 bits per heavy atom. The lowest BCUT2D eigenvalue weighted by Crippen LogP contribution is -2.18. The van der Waals surface area contributed by atoms with Crippen molar-refractivity contribution < 1.29 is 8.42 Å². The Morgan fingerprint density at radius 1 is 1.29 bits per heavy atom. The van der Waals surface area contributed by atoms with Gasteiger partial charge in [-0.05, 0) is 24.7 Å². The van der Waals surface area contributed by atoms with Gasteiger partial charge in [-0.25, -0.2) is 13.1 Å². The second kappa shape index (κ2) is 4.34. The molecule has 1 N–H and O–H groups in total. The van der Waals surface area contributed by atoms with E-state index in [2.05, 4.69) is 9.71 Å². The first kappa shape index (κ1) is 10.9. The summed E-state index contributed by atoms with van der Waals surface area (Å²) in [5.74, 6) is 0. The molecule has 1 rings (SSSR count). The van der Waals surface area contributed by atoms with Crippen molar-refractivity contribution in [3.63, 3.8) is 0 Å². The van der Waals surface area contributed by atoms with Crippen LogP contribution in [0.25, 0.3) is 0 Å². The van der Waals surface area contributed by atoms with Gasteiger partial charge < -0.3 is 0 Å². The maximum atomic E-state index is 11.3. The molecule has 14 heavy (non-hydrogen) atoms. The molecule has 0 aliphatic heterocycles. The Hall–Kier alpha value is -1.20. The van der Waals surface area contributed by atoms with Gasteiger partial charge in [-0.15, -0.1) is 0 Å². The zero-order valence-electron chi connectivity index (χ0n) is 8.06. The Bertz CT molecular complexity index is 421. The van der Waals surface area contributed by atoms with Crippen LogP contribution in [0.3, 0.4) is 0 Å². The predicted octanol–water partition coefficient (Wildman–Crippen LogP) is 0.643. The van der Waals surface area contributed by atoms with Crippen molar-refractivity contribution in [2.24, 2.45) is 4.99 Å². The lowest BCUT2D eigenvalue weighted by Gasteiger charge is -2.01. The molecule has 0 atom stereocenters. The molecular weight excluding hydrogens is 200 g/mol. The van der Waals surface area contributed by atoms with E-state index in [-0.39, 0.29) is 4.90 Å².